The number of imidazole rings is 1. The van der Waals surface area contributed by atoms with Gasteiger partial charge in [0.1, 0.15) is 11.6 Å². The third kappa shape index (κ3) is 5.34. The minimum absolute atomic E-state index is 0.0424. The quantitative estimate of drug-likeness (QED) is 0.315. The zero-order valence-corrected chi connectivity index (χ0v) is 21.0. The van der Waals surface area contributed by atoms with Crippen LogP contribution in [0.3, 0.4) is 0 Å². The third-order valence-corrected chi connectivity index (χ3v) is 6.78. The van der Waals surface area contributed by atoms with E-state index in [9.17, 15) is 18.7 Å². The zero-order chi connectivity index (χ0) is 25.3. The number of carboxylic acid groups (broad SMARTS) is 1. The molecule has 1 aliphatic rings. The van der Waals surface area contributed by atoms with Gasteiger partial charge in [0.2, 0.25) is 0 Å². The maximum atomic E-state index is 13.9. The number of halogens is 2. The van der Waals surface area contributed by atoms with Gasteiger partial charge in [-0.25, -0.2) is 28.5 Å². The van der Waals surface area contributed by atoms with E-state index in [0.29, 0.717) is 27.8 Å². The molecule has 2 heterocycles. The van der Waals surface area contributed by atoms with Gasteiger partial charge in [-0.15, -0.1) is 0 Å². The number of nitrogens with zero attached hydrogens (tertiary/aromatic N) is 5. The second-order valence-electron chi connectivity index (χ2n) is 9.67. The number of alkyl halides is 2. The zero-order valence-electron chi connectivity index (χ0n) is 20.2. The van der Waals surface area contributed by atoms with Crippen LogP contribution >= 0.6 is 11.8 Å². The second kappa shape index (κ2) is 9.96. The molecule has 1 fully saturated rings. The lowest BCUT2D eigenvalue weighted by atomic mass is 9.88. The highest BCUT2D eigenvalue weighted by Gasteiger charge is 2.35. The van der Waals surface area contributed by atoms with Crippen LogP contribution in [0.15, 0.2) is 35.5 Å². The fourth-order valence-corrected chi connectivity index (χ4v) is 5.18. The van der Waals surface area contributed by atoms with E-state index in [1.165, 1.54) is 16.3 Å². The Bertz CT molecular complexity index is 1200. The molecule has 0 spiro atoms. The summed E-state index contributed by atoms with van der Waals surface area (Å²) in [4.78, 5) is 26.5. The molecule has 11 heteroatoms. The first kappa shape index (κ1) is 25.2. The van der Waals surface area contributed by atoms with Crippen molar-refractivity contribution in [3.63, 3.8) is 0 Å². The molecule has 4 rings (SSSR count). The SMILES string of the molecule is CSc1nc(N[C@H]2CC[C@H](N(C(=O)O)C(C)(C)C)CC2)cc(-n2c(C(F)F)nc3ccccc32)n1. The number of nitrogens with one attached hydrogen (secondary N) is 1. The summed E-state index contributed by atoms with van der Waals surface area (Å²) in [5.41, 5.74) is 0.555. The minimum atomic E-state index is -2.76. The van der Waals surface area contributed by atoms with Crippen molar-refractivity contribution in [1.29, 1.82) is 0 Å². The number of amides is 1. The number of thioether (sulfide) groups is 1. The molecular formula is C24H30F2N6O2S. The fraction of sp³-hybridized carbons (Fsp3) is 0.500. The molecule has 2 aromatic heterocycles. The third-order valence-electron chi connectivity index (χ3n) is 6.23. The summed E-state index contributed by atoms with van der Waals surface area (Å²) in [6.45, 7) is 5.72. The summed E-state index contributed by atoms with van der Waals surface area (Å²) in [5, 5.41) is 13.6. The van der Waals surface area contributed by atoms with Crippen molar-refractivity contribution < 1.29 is 18.7 Å². The summed E-state index contributed by atoms with van der Waals surface area (Å²) in [6.07, 6.45) is 1.18. The van der Waals surface area contributed by atoms with Crippen LogP contribution in [0.2, 0.25) is 0 Å². The van der Waals surface area contributed by atoms with Gasteiger partial charge in [-0.3, -0.25) is 4.57 Å². The number of fused-ring (bicyclic) bond motifs is 1. The Morgan fingerprint density at radius 3 is 2.46 bits per heavy atom. The molecule has 0 saturated heterocycles. The molecular weight excluding hydrogens is 474 g/mol. The lowest BCUT2D eigenvalue weighted by Crippen LogP contribution is -2.52. The second-order valence-corrected chi connectivity index (χ2v) is 10.4. The lowest BCUT2D eigenvalue weighted by Gasteiger charge is -2.42. The molecule has 1 amide bonds. The molecule has 1 aliphatic carbocycles. The normalized spacial score (nSPS) is 18.7. The first-order chi connectivity index (χ1) is 16.6. The molecule has 0 radical (unpaired) electrons. The fourth-order valence-electron chi connectivity index (χ4n) is 4.80. The van der Waals surface area contributed by atoms with E-state index < -0.39 is 18.1 Å². The topological polar surface area (TPSA) is 96.2 Å². The molecule has 0 aliphatic heterocycles. The molecule has 35 heavy (non-hydrogen) atoms. The van der Waals surface area contributed by atoms with Gasteiger partial charge in [0, 0.05) is 23.7 Å². The largest absolute Gasteiger partial charge is 0.465 e. The van der Waals surface area contributed by atoms with Gasteiger partial charge >= 0.3 is 6.09 Å². The smallest absolute Gasteiger partial charge is 0.407 e. The minimum Gasteiger partial charge on any atom is -0.465 e. The Balaban J connectivity index is 1.59. The Kier molecular flexibility index (Phi) is 7.16. The van der Waals surface area contributed by atoms with Crippen LogP contribution < -0.4 is 5.32 Å². The number of anilines is 1. The standard InChI is InChI=1S/C24H30F2N6O2S/c1-24(2,3)32(23(33)34)15-11-9-14(10-12-15)27-18-13-19(30-22(29-18)35-4)31-17-8-6-5-7-16(17)28-21(31)20(25)26/h5-8,13-15,20H,9-12H2,1-4H3,(H,33,34)(H,27,29,30)/t14-,15-. The summed E-state index contributed by atoms with van der Waals surface area (Å²) >= 11 is 1.33. The van der Waals surface area contributed by atoms with Crippen LogP contribution in [0.4, 0.5) is 19.4 Å². The summed E-state index contributed by atoms with van der Waals surface area (Å²) < 4.78 is 29.1. The van der Waals surface area contributed by atoms with E-state index in [-0.39, 0.29) is 17.9 Å². The van der Waals surface area contributed by atoms with Crippen molar-refractivity contribution in [3.8, 4) is 5.82 Å². The van der Waals surface area contributed by atoms with E-state index in [1.807, 2.05) is 27.0 Å². The van der Waals surface area contributed by atoms with Crippen molar-refractivity contribution in [1.82, 2.24) is 24.4 Å². The van der Waals surface area contributed by atoms with Crippen LogP contribution in [-0.4, -0.2) is 59.5 Å². The summed E-state index contributed by atoms with van der Waals surface area (Å²) in [5.74, 6) is 0.514. The molecule has 2 N–H and O–H groups in total. The molecule has 0 atom stereocenters. The maximum Gasteiger partial charge on any atom is 0.407 e. The number of rotatable bonds is 6. The van der Waals surface area contributed by atoms with Crippen LogP contribution in [0.1, 0.15) is 58.7 Å². The summed E-state index contributed by atoms with van der Waals surface area (Å²) in [7, 11) is 0. The van der Waals surface area contributed by atoms with Crippen molar-refractivity contribution in [2.45, 2.75) is 75.7 Å². The number of hydrogen-bond acceptors (Lipinski definition) is 6. The molecule has 8 nitrogen and oxygen atoms in total. The van der Waals surface area contributed by atoms with Gasteiger partial charge in [-0.05, 0) is 64.8 Å². The molecule has 0 unspecified atom stereocenters. The number of hydrogen-bond donors (Lipinski definition) is 2. The first-order valence-electron chi connectivity index (χ1n) is 11.6. The van der Waals surface area contributed by atoms with Crippen molar-refractivity contribution in [2.24, 2.45) is 0 Å². The number of benzene rings is 1. The predicted octanol–water partition coefficient (Wildman–Crippen LogP) is 5.98. The Labute approximate surface area is 207 Å². The molecule has 1 aromatic carbocycles. The van der Waals surface area contributed by atoms with Gasteiger partial charge in [0.25, 0.3) is 6.43 Å². The van der Waals surface area contributed by atoms with Crippen LogP contribution in [0.25, 0.3) is 16.9 Å². The number of carbonyl (C=O) groups is 1. The van der Waals surface area contributed by atoms with E-state index in [1.54, 1.807) is 35.2 Å². The monoisotopic (exact) mass is 504 g/mol. The highest BCUT2D eigenvalue weighted by Crippen LogP contribution is 2.32. The Morgan fingerprint density at radius 2 is 1.86 bits per heavy atom. The van der Waals surface area contributed by atoms with Crippen molar-refractivity contribution >= 4 is 34.7 Å². The van der Waals surface area contributed by atoms with E-state index >= 15 is 0 Å². The van der Waals surface area contributed by atoms with E-state index in [0.717, 1.165) is 25.7 Å². The van der Waals surface area contributed by atoms with Crippen LogP contribution in [-0.2, 0) is 0 Å². The average Bonchev–Trinajstić information content (AvgIpc) is 3.19. The Hall–Kier alpha value is -2.95. The van der Waals surface area contributed by atoms with Crippen molar-refractivity contribution in [3.05, 3.63) is 36.2 Å². The summed E-state index contributed by atoms with van der Waals surface area (Å²) in [6, 6.07) is 8.70. The Morgan fingerprint density at radius 1 is 1.17 bits per heavy atom. The predicted molar refractivity (Wildman–Crippen MR) is 133 cm³/mol. The van der Waals surface area contributed by atoms with Gasteiger partial charge in [0.15, 0.2) is 11.0 Å². The highest BCUT2D eigenvalue weighted by atomic mass is 32.2. The average molecular weight is 505 g/mol. The lowest BCUT2D eigenvalue weighted by molar-refractivity contribution is 0.0556. The van der Waals surface area contributed by atoms with E-state index in [2.05, 4.69) is 20.3 Å². The molecule has 188 valence electrons. The van der Waals surface area contributed by atoms with Gasteiger partial charge in [0.05, 0.1) is 11.0 Å². The maximum absolute atomic E-state index is 13.9. The molecule has 3 aromatic rings. The van der Waals surface area contributed by atoms with E-state index in [4.69, 9.17) is 0 Å². The van der Waals surface area contributed by atoms with Crippen LogP contribution in [0.5, 0.6) is 0 Å². The number of para-hydroxylation sites is 2. The van der Waals surface area contributed by atoms with Gasteiger partial charge < -0.3 is 15.3 Å². The van der Waals surface area contributed by atoms with Crippen LogP contribution in [0, 0.1) is 0 Å². The first-order valence-corrected chi connectivity index (χ1v) is 12.8. The molecule has 1 saturated carbocycles. The van der Waals surface area contributed by atoms with Gasteiger partial charge in [-0.1, -0.05) is 23.9 Å². The van der Waals surface area contributed by atoms with Crippen molar-refractivity contribution in [2.75, 3.05) is 11.6 Å². The van der Waals surface area contributed by atoms with Gasteiger partial charge in [-0.2, -0.15) is 0 Å². The molecule has 0 bridgehead atoms. The number of aromatic nitrogens is 4. The highest BCUT2D eigenvalue weighted by molar-refractivity contribution is 7.98.